The molecule has 1 heteroatoms. The van der Waals surface area contributed by atoms with Gasteiger partial charge < -0.3 is 5.11 Å². The highest BCUT2D eigenvalue weighted by molar-refractivity contribution is 5.73. The quantitative estimate of drug-likeness (QED) is 0.383. The van der Waals surface area contributed by atoms with Crippen molar-refractivity contribution in [3.63, 3.8) is 0 Å². The first-order valence-electron chi connectivity index (χ1n) is 10.6. The van der Waals surface area contributed by atoms with Crippen LogP contribution in [-0.4, -0.2) is 5.11 Å². The first-order valence-corrected chi connectivity index (χ1v) is 10.6. The third-order valence-corrected chi connectivity index (χ3v) is 5.41. The first-order chi connectivity index (χ1) is 12.8. The Bertz CT molecular complexity index is 620. The molecule has 0 spiro atoms. The van der Waals surface area contributed by atoms with Crippen LogP contribution in [0.1, 0.15) is 89.5 Å². The highest BCUT2D eigenvalue weighted by Gasteiger charge is 2.17. The molecule has 0 saturated heterocycles. The number of unbranched alkanes of at least 4 members (excludes halogenated alkanes) is 6. The maximum absolute atomic E-state index is 10.4. The molecule has 0 heterocycles. The van der Waals surface area contributed by atoms with Gasteiger partial charge in [0, 0.05) is 5.56 Å². The van der Waals surface area contributed by atoms with Crippen LogP contribution in [0, 0.1) is 0 Å². The van der Waals surface area contributed by atoms with Crippen molar-refractivity contribution in [3.8, 4) is 16.9 Å². The van der Waals surface area contributed by atoms with Crippen molar-refractivity contribution >= 4 is 0 Å². The fourth-order valence-electron chi connectivity index (χ4n) is 3.89. The smallest absolute Gasteiger partial charge is 0.123 e. The van der Waals surface area contributed by atoms with Gasteiger partial charge in [-0.3, -0.25) is 0 Å². The molecule has 0 fully saturated rings. The molecule has 2 aromatic rings. The molecular formula is C25H36O. The lowest BCUT2D eigenvalue weighted by Crippen LogP contribution is -2.02. The third-order valence-electron chi connectivity index (χ3n) is 5.41. The van der Waals surface area contributed by atoms with E-state index in [0.717, 1.165) is 5.56 Å². The van der Waals surface area contributed by atoms with E-state index in [9.17, 15) is 5.11 Å². The SMILES string of the molecule is CCCCCCC(CCCCCC)c1ccccc1-c1ccccc1O. The van der Waals surface area contributed by atoms with Crippen LogP contribution in [0.5, 0.6) is 5.75 Å². The minimum absolute atomic E-state index is 0.385. The van der Waals surface area contributed by atoms with Crippen molar-refractivity contribution in [1.29, 1.82) is 0 Å². The Labute approximate surface area is 160 Å². The number of phenols is 1. The predicted octanol–water partition coefficient (Wildman–Crippen LogP) is 8.08. The molecule has 0 bridgehead atoms. The van der Waals surface area contributed by atoms with Crippen LogP contribution in [0.2, 0.25) is 0 Å². The normalized spacial score (nSPS) is 11.2. The summed E-state index contributed by atoms with van der Waals surface area (Å²) in [6.07, 6.45) is 13.1. The van der Waals surface area contributed by atoms with Crippen LogP contribution in [0.15, 0.2) is 48.5 Å². The number of benzene rings is 2. The van der Waals surface area contributed by atoms with Gasteiger partial charge in [0.15, 0.2) is 0 Å². The van der Waals surface area contributed by atoms with Crippen LogP contribution < -0.4 is 0 Å². The monoisotopic (exact) mass is 352 g/mol. The van der Waals surface area contributed by atoms with E-state index in [2.05, 4.69) is 38.1 Å². The van der Waals surface area contributed by atoms with Gasteiger partial charge in [-0.05, 0) is 36.0 Å². The second-order valence-electron chi connectivity index (χ2n) is 7.50. The zero-order valence-electron chi connectivity index (χ0n) is 16.7. The zero-order chi connectivity index (χ0) is 18.6. The molecule has 2 aromatic carbocycles. The molecule has 0 aliphatic heterocycles. The molecule has 142 valence electrons. The Morgan fingerprint density at radius 3 is 1.77 bits per heavy atom. The summed E-state index contributed by atoms with van der Waals surface area (Å²) >= 11 is 0. The fourth-order valence-corrected chi connectivity index (χ4v) is 3.89. The summed E-state index contributed by atoms with van der Waals surface area (Å²) < 4.78 is 0. The molecule has 1 nitrogen and oxygen atoms in total. The minimum atomic E-state index is 0.385. The van der Waals surface area contributed by atoms with Gasteiger partial charge in [0.05, 0.1) is 0 Å². The lowest BCUT2D eigenvalue weighted by Gasteiger charge is -2.21. The Hall–Kier alpha value is -1.76. The molecule has 0 atom stereocenters. The zero-order valence-corrected chi connectivity index (χ0v) is 16.7. The highest BCUT2D eigenvalue weighted by Crippen LogP contribution is 2.38. The number of hydrogen-bond acceptors (Lipinski definition) is 1. The summed E-state index contributed by atoms with van der Waals surface area (Å²) in [5.41, 5.74) is 3.60. The highest BCUT2D eigenvalue weighted by atomic mass is 16.3. The molecular weight excluding hydrogens is 316 g/mol. The Morgan fingerprint density at radius 1 is 0.654 bits per heavy atom. The third kappa shape index (κ3) is 6.20. The molecule has 1 N–H and O–H groups in total. The summed E-state index contributed by atoms with van der Waals surface area (Å²) in [4.78, 5) is 0. The van der Waals surface area contributed by atoms with Gasteiger partial charge >= 0.3 is 0 Å². The van der Waals surface area contributed by atoms with Gasteiger partial charge in [0.1, 0.15) is 5.75 Å². The summed E-state index contributed by atoms with van der Waals surface area (Å²) in [6.45, 7) is 4.55. The lowest BCUT2D eigenvalue weighted by molar-refractivity contribution is 0.476. The first kappa shape index (κ1) is 20.6. The molecule has 0 amide bonds. The molecule has 0 radical (unpaired) electrons. The van der Waals surface area contributed by atoms with Crippen molar-refractivity contribution in [2.75, 3.05) is 0 Å². The molecule has 0 aliphatic carbocycles. The number of phenolic OH excluding ortho intramolecular Hbond substituents is 1. The van der Waals surface area contributed by atoms with E-state index in [1.807, 2.05) is 18.2 Å². The van der Waals surface area contributed by atoms with Gasteiger partial charge in [0.25, 0.3) is 0 Å². The number of para-hydroxylation sites is 1. The van der Waals surface area contributed by atoms with E-state index in [4.69, 9.17) is 0 Å². The van der Waals surface area contributed by atoms with E-state index < -0.39 is 0 Å². The largest absolute Gasteiger partial charge is 0.507 e. The van der Waals surface area contributed by atoms with Crippen molar-refractivity contribution in [2.24, 2.45) is 0 Å². The van der Waals surface area contributed by atoms with Crippen LogP contribution in [-0.2, 0) is 0 Å². The Kier molecular flexibility index (Phi) is 9.31. The van der Waals surface area contributed by atoms with E-state index in [0.29, 0.717) is 11.7 Å². The van der Waals surface area contributed by atoms with Gasteiger partial charge in [-0.2, -0.15) is 0 Å². The van der Waals surface area contributed by atoms with Crippen LogP contribution in [0.25, 0.3) is 11.1 Å². The maximum Gasteiger partial charge on any atom is 0.123 e. The summed E-state index contributed by atoms with van der Waals surface area (Å²) in [6, 6.07) is 16.5. The van der Waals surface area contributed by atoms with Crippen molar-refractivity contribution in [1.82, 2.24) is 0 Å². The van der Waals surface area contributed by atoms with Gasteiger partial charge in [0.2, 0.25) is 0 Å². The minimum Gasteiger partial charge on any atom is -0.507 e. The molecule has 0 aliphatic rings. The number of rotatable bonds is 12. The maximum atomic E-state index is 10.4. The summed E-state index contributed by atoms with van der Waals surface area (Å²) in [5.74, 6) is 0.982. The van der Waals surface area contributed by atoms with E-state index >= 15 is 0 Å². The second-order valence-corrected chi connectivity index (χ2v) is 7.50. The topological polar surface area (TPSA) is 20.2 Å². The Balaban J connectivity index is 2.21. The van der Waals surface area contributed by atoms with Crippen molar-refractivity contribution in [3.05, 3.63) is 54.1 Å². The van der Waals surface area contributed by atoms with Gasteiger partial charge in [-0.25, -0.2) is 0 Å². The fraction of sp³-hybridized carbons (Fsp3) is 0.520. The van der Waals surface area contributed by atoms with E-state index in [-0.39, 0.29) is 0 Å². The van der Waals surface area contributed by atoms with Gasteiger partial charge in [-0.15, -0.1) is 0 Å². The average molecular weight is 353 g/mol. The second kappa shape index (κ2) is 11.8. The van der Waals surface area contributed by atoms with Crippen LogP contribution in [0.3, 0.4) is 0 Å². The van der Waals surface area contributed by atoms with E-state index in [1.54, 1.807) is 6.07 Å². The van der Waals surface area contributed by atoms with E-state index in [1.165, 1.54) is 75.3 Å². The lowest BCUT2D eigenvalue weighted by atomic mass is 9.83. The molecule has 2 rings (SSSR count). The summed E-state index contributed by atoms with van der Waals surface area (Å²) in [5, 5.41) is 10.4. The number of hydrogen-bond donors (Lipinski definition) is 1. The average Bonchev–Trinajstić information content (AvgIpc) is 2.67. The standard InChI is InChI=1S/C25H36O/c1-3-5-7-9-15-21(16-10-8-6-4-2)22-17-11-12-18-23(22)24-19-13-14-20-25(24)26/h11-14,17-21,26H,3-10,15-16H2,1-2H3. The summed E-state index contributed by atoms with van der Waals surface area (Å²) in [7, 11) is 0. The van der Waals surface area contributed by atoms with Gasteiger partial charge in [-0.1, -0.05) is 108 Å². The van der Waals surface area contributed by atoms with Crippen molar-refractivity contribution in [2.45, 2.75) is 84.0 Å². The Morgan fingerprint density at radius 2 is 1.19 bits per heavy atom. The molecule has 26 heavy (non-hydrogen) atoms. The predicted molar refractivity (Wildman–Crippen MR) is 114 cm³/mol. The molecule has 0 saturated carbocycles. The van der Waals surface area contributed by atoms with Crippen LogP contribution >= 0.6 is 0 Å². The van der Waals surface area contributed by atoms with Crippen molar-refractivity contribution < 1.29 is 5.11 Å². The van der Waals surface area contributed by atoms with Crippen LogP contribution in [0.4, 0.5) is 0 Å². The number of aromatic hydroxyl groups is 1. The molecule has 0 aromatic heterocycles. The molecule has 0 unspecified atom stereocenters.